The number of nitrogens with zero attached hydrogens (tertiary/aromatic N) is 1. The molecule has 2 N–H and O–H groups in total. The van der Waals surface area contributed by atoms with Crippen molar-refractivity contribution in [2.75, 3.05) is 6.54 Å². The van der Waals surface area contributed by atoms with Gasteiger partial charge in [-0.15, -0.1) is 11.3 Å². The highest BCUT2D eigenvalue weighted by Crippen LogP contribution is 2.21. The SMILES string of the molecule is O=C(NCCCc1nc2ccccc2[nH]1)c1ccc(Cl)s1. The molecule has 2 aromatic heterocycles. The molecule has 0 atom stereocenters. The van der Waals surface area contributed by atoms with Crippen molar-refractivity contribution in [3.8, 4) is 0 Å². The minimum Gasteiger partial charge on any atom is -0.351 e. The van der Waals surface area contributed by atoms with Crippen LogP contribution in [0.25, 0.3) is 11.0 Å². The second kappa shape index (κ2) is 6.28. The molecule has 0 bridgehead atoms. The van der Waals surface area contributed by atoms with Crippen LogP contribution in [0.4, 0.5) is 0 Å². The summed E-state index contributed by atoms with van der Waals surface area (Å²) in [6.45, 7) is 0.616. The van der Waals surface area contributed by atoms with E-state index in [-0.39, 0.29) is 5.91 Å². The predicted molar refractivity (Wildman–Crippen MR) is 86.1 cm³/mol. The van der Waals surface area contributed by atoms with Gasteiger partial charge in [0.05, 0.1) is 20.2 Å². The molecule has 6 heteroatoms. The Kier molecular flexibility index (Phi) is 4.22. The van der Waals surface area contributed by atoms with Gasteiger partial charge >= 0.3 is 0 Å². The summed E-state index contributed by atoms with van der Waals surface area (Å²) in [6.07, 6.45) is 1.64. The molecule has 0 aliphatic heterocycles. The van der Waals surface area contributed by atoms with Crippen LogP contribution in [0.2, 0.25) is 4.34 Å². The highest BCUT2D eigenvalue weighted by Gasteiger charge is 2.08. The number of aromatic nitrogens is 2. The van der Waals surface area contributed by atoms with E-state index in [1.54, 1.807) is 12.1 Å². The number of benzene rings is 1. The third kappa shape index (κ3) is 3.43. The Morgan fingerprint density at radius 3 is 2.90 bits per heavy atom. The average molecular weight is 320 g/mol. The van der Waals surface area contributed by atoms with E-state index in [0.717, 1.165) is 29.7 Å². The first-order valence-corrected chi connectivity index (χ1v) is 7.89. The van der Waals surface area contributed by atoms with E-state index in [1.165, 1.54) is 11.3 Å². The maximum atomic E-state index is 11.8. The van der Waals surface area contributed by atoms with Crippen molar-refractivity contribution in [1.29, 1.82) is 0 Å². The number of halogens is 1. The normalized spacial score (nSPS) is 10.9. The first kappa shape index (κ1) is 14.1. The number of amides is 1. The minimum absolute atomic E-state index is 0.0727. The van der Waals surface area contributed by atoms with Crippen molar-refractivity contribution in [1.82, 2.24) is 15.3 Å². The number of hydrogen-bond donors (Lipinski definition) is 2. The number of carbonyl (C=O) groups excluding carboxylic acids is 1. The molecule has 108 valence electrons. The number of carbonyl (C=O) groups is 1. The third-order valence-corrected chi connectivity index (χ3v) is 4.34. The zero-order valence-corrected chi connectivity index (χ0v) is 12.8. The summed E-state index contributed by atoms with van der Waals surface area (Å²) in [4.78, 5) is 20.3. The fraction of sp³-hybridized carbons (Fsp3) is 0.200. The standard InChI is InChI=1S/C15H14ClN3OS/c16-13-8-7-12(21-13)15(20)17-9-3-6-14-18-10-4-1-2-5-11(10)19-14/h1-2,4-5,7-8H,3,6,9H2,(H,17,20)(H,18,19). The lowest BCUT2D eigenvalue weighted by molar-refractivity contribution is 0.0957. The topological polar surface area (TPSA) is 57.8 Å². The van der Waals surface area contributed by atoms with Crippen molar-refractivity contribution >= 4 is 39.9 Å². The second-order valence-electron chi connectivity index (χ2n) is 4.66. The number of aromatic amines is 1. The number of rotatable bonds is 5. The number of H-pyrrole nitrogens is 1. The number of imidazole rings is 1. The van der Waals surface area contributed by atoms with Gasteiger partial charge in [0.2, 0.25) is 0 Å². The van der Waals surface area contributed by atoms with Crippen LogP contribution in [0.5, 0.6) is 0 Å². The van der Waals surface area contributed by atoms with Gasteiger partial charge in [0.1, 0.15) is 5.82 Å². The fourth-order valence-corrected chi connectivity index (χ4v) is 3.06. The highest BCUT2D eigenvalue weighted by molar-refractivity contribution is 7.17. The maximum absolute atomic E-state index is 11.8. The number of fused-ring (bicyclic) bond motifs is 1. The van der Waals surface area contributed by atoms with Crippen molar-refractivity contribution in [3.63, 3.8) is 0 Å². The van der Waals surface area contributed by atoms with Gasteiger partial charge in [-0.3, -0.25) is 4.79 Å². The molecule has 0 saturated heterocycles. The number of para-hydroxylation sites is 2. The van der Waals surface area contributed by atoms with Gasteiger partial charge in [-0.2, -0.15) is 0 Å². The van der Waals surface area contributed by atoms with E-state index in [9.17, 15) is 4.79 Å². The van der Waals surface area contributed by atoms with Crippen LogP contribution in [0, 0.1) is 0 Å². The largest absolute Gasteiger partial charge is 0.351 e. The van der Waals surface area contributed by atoms with E-state index < -0.39 is 0 Å². The smallest absolute Gasteiger partial charge is 0.261 e. The molecule has 4 nitrogen and oxygen atoms in total. The Bertz CT molecular complexity index is 732. The van der Waals surface area contributed by atoms with Crippen LogP contribution in [0.15, 0.2) is 36.4 Å². The van der Waals surface area contributed by atoms with Gasteiger partial charge in [-0.1, -0.05) is 23.7 Å². The molecule has 0 unspecified atom stereocenters. The summed E-state index contributed by atoms with van der Waals surface area (Å²) in [7, 11) is 0. The molecule has 2 heterocycles. The summed E-state index contributed by atoms with van der Waals surface area (Å²) in [6, 6.07) is 11.4. The molecule has 0 aliphatic carbocycles. The Labute approximate surface area is 131 Å². The Morgan fingerprint density at radius 2 is 2.14 bits per heavy atom. The summed E-state index contributed by atoms with van der Waals surface area (Å²) in [5.74, 6) is 0.876. The first-order chi connectivity index (χ1) is 10.2. The lowest BCUT2D eigenvalue weighted by Crippen LogP contribution is -2.23. The molecule has 21 heavy (non-hydrogen) atoms. The summed E-state index contributed by atoms with van der Waals surface area (Å²) >= 11 is 7.10. The van der Waals surface area contributed by atoms with Gasteiger partial charge < -0.3 is 10.3 Å². The molecule has 0 radical (unpaired) electrons. The molecule has 3 rings (SSSR count). The Hall–Kier alpha value is -1.85. The van der Waals surface area contributed by atoms with Gasteiger partial charge in [0, 0.05) is 13.0 Å². The summed E-state index contributed by atoms with van der Waals surface area (Å²) in [5, 5.41) is 2.89. The molecular formula is C15H14ClN3OS. The molecule has 1 aromatic carbocycles. The summed E-state index contributed by atoms with van der Waals surface area (Å²) in [5.41, 5.74) is 2.02. The van der Waals surface area contributed by atoms with Gasteiger partial charge in [0.15, 0.2) is 0 Å². The monoisotopic (exact) mass is 319 g/mol. The van der Waals surface area contributed by atoms with Crippen LogP contribution in [0.1, 0.15) is 21.9 Å². The third-order valence-electron chi connectivity index (χ3n) is 3.11. The predicted octanol–water partition coefficient (Wildman–Crippen LogP) is 3.64. The van der Waals surface area contributed by atoms with E-state index in [1.807, 2.05) is 24.3 Å². The van der Waals surface area contributed by atoms with E-state index >= 15 is 0 Å². The zero-order chi connectivity index (χ0) is 14.7. The first-order valence-electron chi connectivity index (χ1n) is 6.69. The number of hydrogen-bond acceptors (Lipinski definition) is 3. The number of nitrogens with one attached hydrogen (secondary N) is 2. The van der Waals surface area contributed by atoms with Crippen LogP contribution in [0.3, 0.4) is 0 Å². The van der Waals surface area contributed by atoms with Gasteiger partial charge in [0.25, 0.3) is 5.91 Å². The van der Waals surface area contributed by atoms with Crippen LogP contribution in [-0.4, -0.2) is 22.4 Å². The number of aryl methyl sites for hydroxylation is 1. The van der Waals surface area contributed by atoms with Crippen LogP contribution in [-0.2, 0) is 6.42 Å². The lowest BCUT2D eigenvalue weighted by Gasteiger charge is -2.02. The molecular weight excluding hydrogens is 306 g/mol. The van der Waals surface area contributed by atoms with Crippen molar-refractivity contribution < 1.29 is 4.79 Å². The van der Waals surface area contributed by atoms with Crippen LogP contribution >= 0.6 is 22.9 Å². The van der Waals surface area contributed by atoms with Crippen molar-refractivity contribution in [3.05, 3.63) is 51.4 Å². The molecule has 0 spiro atoms. The van der Waals surface area contributed by atoms with Crippen molar-refractivity contribution in [2.24, 2.45) is 0 Å². The van der Waals surface area contributed by atoms with Crippen LogP contribution < -0.4 is 5.32 Å². The number of thiophene rings is 1. The Balaban J connectivity index is 1.49. The summed E-state index contributed by atoms with van der Waals surface area (Å²) < 4.78 is 0.627. The molecule has 0 aliphatic rings. The zero-order valence-electron chi connectivity index (χ0n) is 11.2. The fourth-order valence-electron chi connectivity index (χ4n) is 2.11. The molecule has 1 amide bonds. The lowest BCUT2D eigenvalue weighted by atomic mass is 10.3. The minimum atomic E-state index is -0.0727. The molecule has 0 fully saturated rings. The van der Waals surface area contributed by atoms with Crippen molar-refractivity contribution in [2.45, 2.75) is 12.8 Å². The maximum Gasteiger partial charge on any atom is 0.261 e. The average Bonchev–Trinajstić information content (AvgIpc) is 3.09. The van der Waals surface area contributed by atoms with Gasteiger partial charge in [-0.25, -0.2) is 4.98 Å². The van der Waals surface area contributed by atoms with E-state index in [0.29, 0.717) is 15.8 Å². The molecule has 0 saturated carbocycles. The quantitative estimate of drug-likeness (QED) is 0.705. The highest BCUT2D eigenvalue weighted by atomic mass is 35.5. The Morgan fingerprint density at radius 1 is 1.29 bits per heavy atom. The molecule has 3 aromatic rings. The second-order valence-corrected chi connectivity index (χ2v) is 6.38. The van der Waals surface area contributed by atoms with E-state index in [2.05, 4.69) is 15.3 Å². The van der Waals surface area contributed by atoms with Gasteiger partial charge in [-0.05, 0) is 30.7 Å². The van der Waals surface area contributed by atoms with E-state index in [4.69, 9.17) is 11.6 Å².